The maximum atomic E-state index is 3.90. The number of fused-ring (bicyclic) bond motifs is 3. The van der Waals surface area contributed by atoms with Crippen molar-refractivity contribution in [3.8, 4) is 0 Å². The van der Waals surface area contributed by atoms with Gasteiger partial charge in [0, 0.05) is 28.3 Å². The van der Waals surface area contributed by atoms with Crippen molar-refractivity contribution in [2.24, 2.45) is 11.3 Å². The molecule has 2 nitrogen and oxygen atoms in total. The molecular weight excluding hydrogens is 412 g/mol. The number of anilines is 4. The summed E-state index contributed by atoms with van der Waals surface area (Å²) >= 11 is 0. The van der Waals surface area contributed by atoms with E-state index < -0.39 is 0 Å². The number of hydrogen-bond acceptors (Lipinski definition) is 2. The molecule has 0 radical (unpaired) electrons. The van der Waals surface area contributed by atoms with Gasteiger partial charge in [0.1, 0.15) is 0 Å². The van der Waals surface area contributed by atoms with Gasteiger partial charge in [-0.05, 0) is 89.8 Å². The highest BCUT2D eigenvalue weighted by molar-refractivity contribution is 5.80. The van der Waals surface area contributed by atoms with Crippen molar-refractivity contribution < 1.29 is 0 Å². The molecule has 0 aromatic heterocycles. The van der Waals surface area contributed by atoms with Crippen LogP contribution in [-0.2, 0) is 11.8 Å². The Morgan fingerprint density at radius 3 is 2.06 bits per heavy atom. The van der Waals surface area contributed by atoms with Gasteiger partial charge in [0.05, 0.1) is 0 Å². The van der Waals surface area contributed by atoms with E-state index in [2.05, 4.69) is 112 Å². The van der Waals surface area contributed by atoms with Crippen molar-refractivity contribution in [3.05, 3.63) is 83.4 Å². The molecule has 3 aromatic rings. The Balaban J connectivity index is 1.73. The van der Waals surface area contributed by atoms with Crippen molar-refractivity contribution in [2.75, 3.05) is 10.6 Å². The summed E-state index contributed by atoms with van der Waals surface area (Å²) in [7, 11) is 0. The van der Waals surface area contributed by atoms with Crippen LogP contribution in [0.5, 0.6) is 0 Å². The lowest BCUT2D eigenvalue weighted by Gasteiger charge is -2.55. The first kappa shape index (κ1) is 23.0. The van der Waals surface area contributed by atoms with E-state index >= 15 is 0 Å². The van der Waals surface area contributed by atoms with Gasteiger partial charge in [-0.2, -0.15) is 0 Å². The quantitative estimate of drug-likeness (QED) is 0.403. The molecule has 2 heteroatoms. The van der Waals surface area contributed by atoms with Crippen LogP contribution in [-0.4, -0.2) is 0 Å². The normalized spacial score (nSPS) is 23.2. The molecule has 0 bridgehead atoms. The molecule has 2 aliphatic carbocycles. The SMILES string of the molecule is CC(C)c1c(Nc2ccccc2)cc2c(c1Nc1ccccc1)CC[C@H]1C(C)(C)CCC[C@]21C. The molecule has 0 heterocycles. The average Bonchev–Trinajstić information content (AvgIpc) is 2.80. The lowest BCUT2D eigenvalue weighted by Crippen LogP contribution is -2.48. The van der Waals surface area contributed by atoms with Gasteiger partial charge in [0.15, 0.2) is 0 Å². The standard InChI is InChI=1S/C32H40N2/c1-22(2)29-27(33-23-13-8-6-9-14-23)21-26-25(30(29)34-24-15-10-7-11-16-24)17-18-28-31(3,4)19-12-20-32(26,28)5/h6-11,13-16,21-22,28,33-34H,12,17-20H2,1-5H3/t28-,32+/m0/s1. The fourth-order valence-electron chi connectivity index (χ4n) is 7.14. The van der Waals surface area contributed by atoms with Gasteiger partial charge >= 0.3 is 0 Å². The van der Waals surface area contributed by atoms with E-state index in [1.165, 1.54) is 48.3 Å². The fraction of sp³-hybridized carbons (Fsp3) is 0.438. The lowest BCUT2D eigenvalue weighted by atomic mass is 9.50. The third-order valence-corrected chi connectivity index (χ3v) is 8.68. The van der Waals surface area contributed by atoms with Crippen molar-refractivity contribution in [3.63, 3.8) is 0 Å². The predicted molar refractivity (Wildman–Crippen MR) is 147 cm³/mol. The zero-order chi connectivity index (χ0) is 23.9. The highest BCUT2D eigenvalue weighted by atomic mass is 14.9. The van der Waals surface area contributed by atoms with Crippen molar-refractivity contribution in [1.29, 1.82) is 0 Å². The Hall–Kier alpha value is -2.74. The minimum Gasteiger partial charge on any atom is -0.355 e. The molecule has 2 atom stereocenters. The van der Waals surface area contributed by atoms with E-state index in [0.29, 0.717) is 11.3 Å². The molecule has 0 spiro atoms. The Morgan fingerprint density at radius 2 is 1.44 bits per heavy atom. The molecule has 34 heavy (non-hydrogen) atoms. The van der Waals surface area contributed by atoms with E-state index in [9.17, 15) is 0 Å². The molecular formula is C32H40N2. The first-order chi connectivity index (χ1) is 16.3. The second-order valence-corrected chi connectivity index (χ2v) is 11.7. The molecule has 5 rings (SSSR count). The second-order valence-electron chi connectivity index (χ2n) is 11.7. The molecule has 1 saturated carbocycles. The van der Waals surface area contributed by atoms with Crippen LogP contribution in [0.25, 0.3) is 0 Å². The Bertz CT molecular complexity index is 1150. The van der Waals surface area contributed by atoms with Gasteiger partial charge in [0.25, 0.3) is 0 Å². The molecule has 0 saturated heterocycles. The van der Waals surface area contributed by atoms with Gasteiger partial charge in [-0.3, -0.25) is 0 Å². The van der Waals surface area contributed by atoms with Crippen LogP contribution in [0.1, 0.15) is 82.9 Å². The first-order valence-electron chi connectivity index (χ1n) is 13.1. The molecule has 0 aliphatic heterocycles. The third kappa shape index (κ3) is 4.02. The Kier molecular flexibility index (Phi) is 5.96. The lowest BCUT2D eigenvalue weighted by molar-refractivity contribution is 0.0409. The van der Waals surface area contributed by atoms with Gasteiger partial charge in [0.2, 0.25) is 0 Å². The fourth-order valence-corrected chi connectivity index (χ4v) is 7.14. The van der Waals surface area contributed by atoms with Crippen LogP contribution in [0.3, 0.4) is 0 Å². The maximum Gasteiger partial charge on any atom is 0.0475 e. The second kappa shape index (κ2) is 8.80. The zero-order valence-electron chi connectivity index (χ0n) is 21.5. The smallest absolute Gasteiger partial charge is 0.0475 e. The summed E-state index contributed by atoms with van der Waals surface area (Å²) in [5, 5.41) is 7.73. The molecule has 0 unspecified atom stereocenters. The average molecular weight is 453 g/mol. The molecule has 1 fully saturated rings. The van der Waals surface area contributed by atoms with Crippen LogP contribution < -0.4 is 10.6 Å². The summed E-state index contributed by atoms with van der Waals surface area (Å²) in [5.41, 5.74) is 10.0. The van der Waals surface area contributed by atoms with Crippen LogP contribution in [0.4, 0.5) is 22.7 Å². The maximum absolute atomic E-state index is 3.90. The van der Waals surface area contributed by atoms with Crippen molar-refractivity contribution >= 4 is 22.7 Å². The minimum absolute atomic E-state index is 0.213. The summed E-state index contributed by atoms with van der Waals surface area (Å²) in [5.74, 6) is 1.12. The predicted octanol–water partition coefficient (Wildman–Crippen LogP) is 9.33. The summed E-state index contributed by atoms with van der Waals surface area (Å²) in [6, 6.07) is 23.9. The Labute approximate surface area is 206 Å². The minimum atomic E-state index is 0.213. The van der Waals surface area contributed by atoms with E-state index in [0.717, 1.165) is 18.0 Å². The van der Waals surface area contributed by atoms with E-state index in [4.69, 9.17) is 0 Å². The van der Waals surface area contributed by atoms with Crippen LogP contribution in [0, 0.1) is 11.3 Å². The van der Waals surface area contributed by atoms with E-state index in [-0.39, 0.29) is 5.41 Å². The Morgan fingerprint density at radius 1 is 0.824 bits per heavy atom. The molecule has 2 aliphatic rings. The number of benzene rings is 3. The summed E-state index contributed by atoms with van der Waals surface area (Å²) < 4.78 is 0. The highest BCUT2D eigenvalue weighted by Gasteiger charge is 2.50. The van der Waals surface area contributed by atoms with Gasteiger partial charge in [-0.1, -0.05) is 77.4 Å². The van der Waals surface area contributed by atoms with E-state index in [1.807, 2.05) is 0 Å². The summed E-state index contributed by atoms with van der Waals surface area (Å²) in [4.78, 5) is 0. The van der Waals surface area contributed by atoms with Gasteiger partial charge in [-0.25, -0.2) is 0 Å². The number of rotatable bonds is 5. The summed E-state index contributed by atoms with van der Waals surface area (Å²) in [6.07, 6.45) is 6.37. The molecule has 3 aromatic carbocycles. The molecule has 178 valence electrons. The number of nitrogens with one attached hydrogen (secondary N) is 2. The molecule has 2 N–H and O–H groups in total. The monoisotopic (exact) mass is 452 g/mol. The van der Waals surface area contributed by atoms with Crippen molar-refractivity contribution in [1.82, 2.24) is 0 Å². The van der Waals surface area contributed by atoms with Crippen LogP contribution in [0.15, 0.2) is 66.7 Å². The van der Waals surface area contributed by atoms with Gasteiger partial charge < -0.3 is 10.6 Å². The third-order valence-electron chi connectivity index (χ3n) is 8.68. The van der Waals surface area contributed by atoms with Gasteiger partial charge in [-0.15, -0.1) is 0 Å². The number of hydrogen-bond donors (Lipinski definition) is 2. The van der Waals surface area contributed by atoms with E-state index in [1.54, 1.807) is 11.1 Å². The van der Waals surface area contributed by atoms with Crippen molar-refractivity contribution in [2.45, 2.75) is 78.1 Å². The number of para-hydroxylation sites is 2. The summed E-state index contributed by atoms with van der Waals surface area (Å²) in [6.45, 7) is 12.2. The zero-order valence-corrected chi connectivity index (χ0v) is 21.5. The molecule has 0 amide bonds. The topological polar surface area (TPSA) is 24.1 Å². The van der Waals surface area contributed by atoms with Crippen LogP contribution in [0.2, 0.25) is 0 Å². The largest absolute Gasteiger partial charge is 0.355 e. The highest BCUT2D eigenvalue weighted by Crippen LogP contribution is 2.59. The first-order valence-corrected chi connectivity index (χ1v) is 13.1. The van der Waals surface area contributed by atoms with Crippen LogP contribution >= 0.6 is 0 Å².